The number of hydrogen-bond acceptors (Lipinski definition) is 5. The molecule has 0 saturated carbocycles. The molecule has 3 rings (SSSR count). The van der Waals surface area contributed by atoms with Crippen molar-refractivity contribution in [3.63, 3.8) is 0 Å². The largest absolute Gasteiger partial charge is 0.338 e. The van der Waals surface area contributed by atoms with Crippen LogP contribution in [0, 0.1) is 6.92 Å². The monoisotopic (exact) mass is 303 g/mol. The molecule has 0 aliphatic carbocycles. The van der Waals surface area contributed by atoms with Crippen molar-refractivity contribution in [3.8, 4) is 11.4 Å². The standard InChI is InChI=1S/C16H21N3OS/c1-11-5-4-6-14(9-11)16-17-15(20-18-16)10-19-7-8-21-13(3)12(19)2/h4-6,9,12-13H,7-8,10H2,1-3H3. The van der Waals surface area contributed by atoms with E-state index in [2.05, 4.69) is 47.9 Å². The molecule has 1 fully saturated rings. The van der Waals surface area contributed by atoms with Gasteiger partial charge in [0.1, 0.15) is 0 Å². The van der Waals surface area contributed by atoms with Gasteiger partial charge in [0.25, 0.3) is 0 Å². The fourth-order valence-corrected chi connectivity index (χ4v) is 3.78. The first-order chi connectivity index (χ1) is 10.1. The first kappa shape index (κ1) is 14.6. The van der Waals surface area contributed by atoms with Gasteiger partial charge in [-0.3, -0.25) is 4.90 Å². The van der Waals surface area contributed by atoms with E-state index in [1.807, 2.05) is 23.9 Å². The summed E-state index contributed by atoms with van der Waals surface area (Å²) in [6.45, 7) is 8.45. The molecule has 0 spiro atoms. The maximum atomic E-state index is 5.44. The van der Waals surface area contributed by atoms with E-state index in [0.717, 1.165) is 18.7 Å². The van der Waals surface area contributed by atoms with E-state index in [4.69, 9.17) is 4.52 Å². The number of nitrogens with zero attached hydrogens (tertiary/aromatic N) is 3. The van der Waals surface area contributed by atoms with Crippen LogP contribution in [0.4, 0.5) is 0 Å². The second-order valence-electron chi connectivity index (χ2n) is 5.67. The van der Waals surface area contributed by atoms with Crippen molar-refractivity contribution in [3.05, 3.63) is 35.7 Å². The molecule has 1 aromatic carbocycles. The third-order valence-electron chi connectivity index (χ3n) is 4.10. The summed E-state index contributed by atoms with van der Waals surface area (Å²) in [6.07, 6.45) is 0. The fourth-order valence-electron chi connectivity index (χ4n) is 2.61. The van der Waals surface area contributed by atoms with E-state index in [1.54, 1.807) is 0 Å². The molecule has 1 aromatic heterocycles. The summed E-state index contributed by atoms with van der Waals surface area (Å²) in [5.41, 5.74) is 2.22. The Bertz CT molecular complexity index is 613. The molecule has 2 heterocycles. The minimum Gasteiger partial charge on any atom is -0.338 e. The van der Waals surface area contributed by atoms with Crippen LogP contribution in [0.15, 0.2) is 28.8 Å². The first-order valence-corrected chi connectivity index (χ1v) is 8.43. The molecular formula is C16H21N3OS. The van der Waals surface area contributed by atoms with Crippen molar-refractivity contribution in [2.24, 2.45) is 0 Å². The van der Waals surface area contributed by atoms with Gasteiger partial charge in [-0.25, -0.2) is 0 Å². The van der Waals surface area contributed by atoms with Gasteiger partial charge in [-0.2, -0.15) is 16.7 Å². The Morgan fingerprint density at radius 2 is 2.24 bits per heavy atom. The van der Waals surface area contributed by atoms with Crippen molar-refractivity contribution in [1.29, 1.82) is 0 Å². The SMILES string of the molecule is Cc1cccc(-c2noc(CN3CCSC(C)C3C)n2)c1. The molecule has 21 heavy (non-hydrogen) atoms. The lowest BCUT2D eigenvalue weighted by atomic mass is 10.1. The average molecular weight is 303 g/mol. The summed E-state index contributed by atoms with van der Waals surface area (Å²) < 4.78 is 5.44. The summed E-state index contributed by atoms with van der Waals surface area (Å²) in [4.78, 5) is 6.97. The highest BCUT2D eigenvalue weighted by Gasteiger charge is 2.26. The van der Waals surface area contributed by atoms with Crippen molar-refractivity contribution in [2.75, 3.05) is 12.3 Å². The van der Waals surface area contributed by atoms with Crippen LogP contribution in [0.5, 0.6) is 0 Å². The average Bonchev–Trinajstić information content (AvgIpc) is 2.93. The summed E-state index contributed by atoms with van der Waals surface area (Å²) in [6, 6.07) is 8.73. The van der Waals surface area contributed by atoms with E-state index < -0.39 is 0 Å². The lowest BCUT2D eigenvalue weighted by Crippen LogP contribution is -2.44. The summed E-state index contributed by atoms with van der Waals surface area (Å²) >= 11 is 2.04. The molecule has 2 atom stereocenters. The summed E-state index contributed by atoms with van der Waals surface area (Å²) in [5.74, 6) is 2.56. The number of benzene rings is 1. The normalized spacial score (nSPS) is 23.4. The van der Waals surface area contributed by atoms with Crippen LogP contribution >= 0.6 is 11.8 Å². The van der Waals surface area contributed by atoms with Crippen molar-refractivity contribution in [1.82, 2.24) is 15.0 Å². The van der Waals surface area contributed by atoms with Gasteiger partial charge in [0.2, 0.25) is 11.7 Å². The molecule has 1 aliphatic heterocycles. The Kier molecular flexibility index (Phi) is 4.31. The number of hydrogen-bond donors (Lipinski definition) is 0. The maximum Gasteiger partial charge on any atom is 0.241 e. The van der Waals surface area contributed by atoms with Gasteiger partial charge in [0.05, 0.1) is 6.54 Å². The molecule has 2 aromatic rings. The molecule has 4 nitrogen and oxygen atoms in total. The third kappa shape index (κ3) is 3.30. The predicted octanol–water partition coefficient (Wildman–Crippen LogP) is 3.37. The maximum absolute atomic E-state index is 5.44. The van der Waals surface area contributed by atoms with E-state index >= 15 is 0 Å². The zero-order valence-electron chi connectivity index (χ0n) is 12.7. The van der Waals surface area contributed by atoms with Gasteiger partial charge in [-0.05, 0) is 19.9 Å². The van der Waals surface area contributed by atoms with Crippen molar-refractivity contribution < 1.29 is 4.52 Å². The van der Waals surface area contributed by atoms with Crippen LogP contribution < -0.4 is 0 Å². The molecule has 1 aliphatic rings. The van der Waals surface area contributed by atoms with Crippen LogP contribution in [-0.2, 0) is 6.54 Å². The minimum absolute atomic E-state index is 0.540. The Balaban J connectivity index is 1.73. The lowest BCUT2D eigenvalue weighted by molar-refractivity contribution is 0.178. The smallest absolute Gasteiger partial charge is 0.241 e. The van der Waals surface area contributed by atoms with Gasteiger partial charge >= 0.3 is 0 Å². The molecule has 2 unspecified atom stereocenters. The highest BCUT2D eigenvalue weighted by Crippen LogP contribution is 2.25. The van der Waals surface area contributed by atoms with Gasteiger partial charge in [0.15, 0.2) is 0 Å². The van der Waals surface area contributed by atoms with Crippen LogP contribution in [0.3, 0.4) is 0 Å². The highest BCUT2D eigenvalue weighted by molar-refractivity contribution is 8.00. The summed E-state index contributed by atoms with van der Waals surface area (Å²) in [5, 5.41) is 4.77. The second-order valence-corrected chi connectivity index (χ2v) is 7.15. The van der Waals surface area contributed by atoms with Crippen LogP contribution in [-0.4, -0.2) is 38.6 Å². The predicted molar refractivity (Wildman–Crippen MR) is 86.3 cm³/mol. The van der Waals surface area contributed by atoms with E-state index in [-0.39, 0.29) is 0 Å². The van der Waals surface area contributed by atoms with E-state index in [1.165, 1.54) is 11.3 Å². The zero-order chi connectivity index (χ0) is 14.8. The number of thioether (sulfide) groups is 1. The van der Waals surface area contributed by atoms with E-state index in [9.17, 15) is 0 Å². The fraction of sp³-hybridized carbons (Fsp3) is 0.500. The molecule has 0 amide bonds. The van der Waals surface area contributed by atoms with Gasteiger partial charge in [-0.15, -0.1) is 0 Å². The van der Waals surface area contributed by atoms with Crippen LogP contribution in [0.25, 0.3) is 11.4 Å². The Morgan fingerprint density at radius 1 is 1.38 bits per heavy atom. The third-order valence-corrected chi connectivity index (χ3v) is 5.44. The van der Waals surface area contributed by atoms with Crippen LogP contribution in [0.2, 0.25) is 0 Å². The first-order valence-electron chi connectivity index (χ1n) is 7.39. The number of rotatable bonds is 3. The van der Waals surface area contributed by atoms with Crippen molar-refractivity contribution >= 4 is 11.8 Å². The summed E-state index contributed by atoms with van der Waals surface area (Å²) in [7, 11) is 0. The molecule has 112 valence electrons. The number of aromatic nitrogens is 2. The van der Waals surface area contributed by atoms with E-state index in [0.29, 0.717) is 23.0 Å². The topological polar surface area (TPSA) is 42.2 Å². The van der Waals surface area contributed by atoms with Gasteiger partial charge in [-0.1, -0.05) is 35.8 Å². The quantitative estimate of drug-likeness (QED) is 0.869. The molecule has 0 radical (unpaired) electrons. The Morgan fingerprint density at radius 3 is 3.05 bits per heavy atom. The molecule has 1 saturated heterocycles. The minimum atomic E-state index is 0.540. The molecular weight excluding hydrogens is 282 g/mol. The molecule has 0 bridgehead atoms. The van der Waals surface area contributed by atoms with Gasteiger partial charge in [0, 0.05) is 29.2 Å². The second kappa shape index (κ2) is 6.20. The van der Waals surface area contributed by atoms with Crippen LogP contribution in [0.1, 0.15) is 25.3 Å². The van der Waals surface area contributed by atoms with Gasteiger partial charge < -0.3 is 4.52 Å². The highest BCUT2D eigenvalue weighted by atomic mass is 32.2. The zero-order valence-corrected chi connectivity index (χ0v) is 13.6. The molecule has 0 N–H and O–H groups in total. The Hall–Kier alpha value is -1.33. The lowest BCUT2D eigenvalue weighted by Gasteiger charge is -2.36. The van der Waals surface area contributed by atoms with Crippen molar-refractivity contribution in [2.45, 2.75) is 38.6 Å². The molecule has 5 heteroatoms. The Labute approximate surface area is 129 Å². The number of aryl methyl sites for hydroxylation is 1.